The van der Waals surface area contributed by atoms with Gasteiger partial charge in [-0.3, -0.25) is 19.1 Å². The van der Waals surface area contributed by atoms with Crippen molar-refractivity contribution in [3.05, 3.63) is 78.5 Å². The van der Waals surface area contributed by atoms with Crippen molar-refractivity contribution in [2.45, 2.75) is 33.1 Å². The van der Waals surface area contributed by atoms with Crippen LogP contribution in [0.25, 0.3) is 10.9 Å². The normalized spacial score (nSPS) is 13.2. The molecule has 0 bridgehead atoms. The van der Waals surface area contributed by atoms with E-state index in [1.807, 2.05) is 0 Å². The molecule has 56 heavy (non-hydrogen) atoms. The molecule has 15 nitrogen and oxygen atoms in total. The van der Waals surface area contributed by atoms with Crippen LogP contribution in [0, 0.1) is 17.0 Å². The molecular weight excluding hydrogens is 755 g/mol. The van der Waals surface area contributed by atoms with Crippen LogP contribution in [0.4, 0.5) is 25.0 Å². The molecule has 5 rings (SSSR count). The number of carbonyl (C=O) groups is 3. The van der Waals surface area contributed by atoms with Crippen molar-refractivity contribution < 1.29 is 55.8 Å². The molecule has 1 fully saturated rings. The molecule has 0 spiro atoms. The number of pyridine rings is 1. The molecule has 1 saturated carbocycles. The van der Waals surface area contributed by atoms with Gasteiger partial charge in [-0.25, -0.2) is 13.6 Å². The van der Waals surface area contributed by atoms with E-state index in [9.17, 15) is 23.3 Å². The summed E-state index contributed by atoms with van der Waals surface area (Å²) < 4.78 is 70.1. The molecule has 1 aliphatic rings. The highest BCUT2D eigenvalue weighted by atomic mass is 31.2. The number of methoxy groups -OCH3 is 1. The number of anilines is 2. The summed E-state index contributed by atoms with van der Waals surface area (Å²) >= 11 is 0. The zero-order chi connectivity index (χ0) is 40.5. The first-order valence-corrected chi connectivity index (χ1v) is 19.5. The quantitative estimate of drug-likeness (QED) is 0.0414. The molecule has 0 aliphatic heterocycles. The molecule has 4 aromatic rings. The summed E-state index contributed by atoms with van der Waals surface area (Å²) in [7, 11) is 0.916. The number of aromatic nitrogens is 1. The Hall–Kier alpha value is -5.35. The first-order chi connectivity index (χ1) is 26.8. The minimum Gasteiger partial charge on any atom is -0.493 e. The van der Waals surface area contributed by atoms with Crippen molar-refractivity contribution in [1.29, 1.82) is 0 Å². The number of rotatable bonds is 19. The number of fused-ring (bicyclic) bond motifs is 1. The molecule has 18 heteroatoms. The minimum atomic E-state index is -3.58. The second-order valence-electron chi connectivity index (χ2n) is 12.8. The van der Waals surface area contributed by atoms with Gasteiger partial charge in [0.15, 0.2) is 23.1 Å². The van der Waals surface area contributed by atoms with Gasteiger partial charge in [-0.05, 0) is 81.6 Å². The smallest absolute Gasteiger partial charge is 0.428 e. The molecule has 1 aliphatic carbocycles. The van der Waals surface area contributed by atoms with Gasteiger partial charge in [0, 0.05) is 55.7 Å². The third kappa shape index (κ3) is 10.5. The number of nitrogens with one attached hydrogen (secondary N) is 2. The maximum atomic E-state index is 15.4. The van der Waals surface area contributed by atoms with Crippen LogP contribution in [0.15, 0.2) is 66.9 Å². The van der Waals surface area contributed by atoms with E-state index in [1.165, 1.54) is 73.8 Å². The van der Waals surface area contributed by atoms with E-state index in [1.54, 1.807) is 32.0 Å². The molecule has 0 saturated heterocycles. The van der Waals surface area contributed by atoms with Crippen LogP contribution in [-0.2, 0) is 28.0 Å². The van der Waals surface area contributed by atoms with Gasteiger partial charge in [-0.1, -0.05) is 0 Å². The van der Waals surface area contributed by atoms with Crippen molar-refractivity contribution in [2.24, 2.45) is 5.41 Å². The largest absolute Gasteiger partial charge is 0.493 e. The highest BCUT2D eigenvalue weighted by molar-refractivity contribution is 7.53. The summed E-state index contributed by atoms with van der Waals surface area (Å²) in [6, 6.07) is 13.9. The predicted octanol–water partition coefficient (Wildman–Crippen LogP) is 7.58. The van der Waals surface area contributed by atoms with E-state index in [0.717, 1.165) is 6.07 Å². The van der Waals surface area contributed by atoms with Crippen LogP contribution in [0.1, 0.15) is 33.1 Å². The summed E-state index contributed by atoms with van der Waals surface area (Å²) in [5.74, 6) is -1.55. The first-order valence-electron chi connectivity index (χ1n) is 17.8. The number of halogens is 2. The van der Waals surface area contributed by atoms with Crippen LogP contribution in [0.2, 0.25) is 0 Å². The van der Waals surface area contributed by atoms with E-state index in [4.69, 9.17) is 28.1 Å². The van der Waals surface area contributed by atoms with E-state index in [0.29, 0.717) is 47.4 Å². The van der Waals surface area contributed by atoms with E-state index in [-0.39, 0.29) is 49.8 Å². The summed E-state index contributed by atoms with van der Waals surface area (Å²) in [4.78, 5) is 49.4. The zero-order valence-corrected chi connectivity index (χ0v) is 32.5. The second kappa shape index (κ2) is 18.5. The molecule has 2 N–H and O–H groups in total. The van der Waals surface area contributed by atoms with Crippen LogP contribution >= 0.6 is 7.60 Å². The number of hydroxylamine groups is 2. The molecule has 3 aromatic carbocycles. The van der Waals surface area contributed by atoms with Crippen molar-refractivity contribution in [3.8, 4) is 23.0 Å². The molecular formula is C38H44F2N5O10P. The van der Waals surface area contributed by atoms with Gasteiger partial charge in [0.2, 0.25) is 11.8 Å². The van der Waals surface area contributed by atoms with E-state index < -0.39 is 42.6 Å². The fourth-order valence-electron chi connectivity index (χ4n) is 5.45. The second-order valence-corrected chi connectivity index (χ2v) is 14.8. The van der Waals surface area contributed by atoms with Gasteiger partial charge in [0.25, 0.3) is 0 Å². The van der Waals surface area contributed by atoms with E-state index >= 15 is 4.39 Å². The van der Waals surface area contributed by atoms with Crippen LogP contribution in [0.3, 0.4) is 0 Å². The number of nitrogens with zero attached hydrogens (tertiary/aromatic N) is 3. The fraction of sp³-hybridized carbons (Fsp3) is 0.368. The monoisotopic (exact) mass is 799 g/mol. The Morgan fingerprint density at radius 2 is 1.52 bits per heavy atom. The Kier molecular flexibility index (Phi) is 13.8. The van der Waals surface area contributed by atoms with Gasteiger partial charge in [0.05, 0.1) is 32.4 Å². The van der Waals surface area contributed by atoms with Crippen LogP contribution in [-0.4, -0.2) is 86.7 Å². The van der Waals surface area contributed by atoms with Gasteiger partial charge < -0.3 is 43.6 Å². The van der Waals surface area contributed by atoms with Crippen molar-refractivity contribution >= 4 is 47.8 Å². The lowest BCUT2D eigenvalue weighted by molar-refractivity contribution is -0.131. The summed E-state index contributed by atoms with van der Waals surface area (Å²) in [5.41, 5.74) is -0.395. The first kappa shape index (κ1) is 41.8. The lowest BCUT2D eigenvalue weighted by Gasteiger charge is -2.26. The molecule has 0 radical (unpaired) electrons. The standard InChI is InChI=1S/C38H44F2N5O10P/c1-6-52-56(49,53-7-2)24-45(55-37(48)44(3)4)19-8-20-51-34-23-30-28(22-33(34)50-5)31(15-18-41-30)54-32-14-13-27(21-29(32)40)43-36(47)38(16-17-38)35(46)42-26-11-9-25(39)10-12-26/h9-15,18,21-23H,6-8,16-17,19-20,24H2,1-5H3,(H,42,46)(H,43,47). The van der Waals surface area contributed by atoms with Crippen LogP contribution in [0.5, 0.6) is 23.0 Å². The Bertz CT molecular complexity index is 2070. The third-order valence-corrected chi connectivity index (χ3v) is 10.4. The minimum absolute atomic E-state index is 0.125. The van der Waals surface area contributed by atoms with Crippen molar-refractivity contribution in [3.63, 3.8) is 0 Å². The highest BCUT2D eigenvalue weighted by Gasteiger charge is 2.56. The number of ether oxygens (including phenoxy) is 3. The van der Waals surface area contributed by atoms with Crippen LogP contribution < -0.4 is 24.8 Å². The van der Waals surface area contributed by atoms with E-state index in [2.05, 4.69) is 15.6 Å². The van der Waals surface area contributed by atoms with Gasteiger partial charge in [-0.15, -0.1) is 5.06 Å². The Balaban J connectivity index is 1.23. The number of amides is 3. The zero-order valence-electron chi connectivity index (χ0n) is 31.6. The topological polar surface area (TPSA) is 167 Å². The van der Waals surface area contributed by atoms with Gasteiger partial charge in [0.1, 0.15) is 23.3 Å². The summed E-state index contributed by atoms with van der Waals surface area (Å²) in [6.07, 6.45) is 1.48. The van der Waals surface area contributed by atoms with Crippen molar-refractivity contribution in [2.75, 3.05) is 64.5 Å². The Labute approximate surface area is 322 Å². The molecule has 1 heterocycles. The Morgan fingerprint density at radius 1 is 0.857 bits per heavy atom. The Morgan fingerprint density at radius 3 is 2.12 bits per heavy atom. The fourth-order valence-corrected chi connectivity index (χ4v) is 7.06. The number of carbonyl (C=O) groups excluding carboxylic acids is 3. The highest BCUT2D eigenvalue weighted by Crippen LogP contribution is 2.49. The van der Waals surface area contributed by atoms with Crippen molar-refractivity contribution in [1.82, 2.24) is 14.9 Å². The molecule has 1 aromatic heterocycles. The summed E-state index contributed by atoms with van der Waals surface area (Å²) in [5, 5.41) is 6.96. The molecule has 3 amide bonds. The number of hydrogen-bond acceptors (Lipinski definition) is 12. The molecule has 0 unspecified atom stereocenters. The number of benzene rings is 3. The third-order valence-electron chi connectivity index (χ3n) is 8.48. The summed E-state index contributed by atoms with van der Waals surface area (Å²) in [6.45, 7) is 3.93. The maximum Gasteiger partial charge on any atom is 0.428 e. The lowest BCUT2D eigenvalue weighted by atomic mass is 10.0. The predicted molar refractivity (Wildman–Crippen MR) is 203 cm³/mol. The maximum absolute atomic E-state index is 15.4. The van der Waals surface area contributed by atoms with Gasteiger partial charge in [-0.2, -0.15) is 0 Å². The molecule has 300 valence electrons. The average Bonchev–Trinajstić information content (AvgIpc) is 3.98. The lowest BCUT2D eigenvalue weighted by Crippen LogP contribution is -2.35. The van der Waals surface area contributed by atoms with Gasteiger partial charge >= 0.3 is 13.7 Å². The average molecular weight is 800 g/mol. The molecule has 0 atom stereocenters. The SMILES string of the molecule is CCOP(=O)(CN(CCCOc1cc2nccc(Oc3ccc(NC(=O)C4(C(=O)Nc5ccc(F)cc5)CC4)cc3F)c2cc1OC)OC(=O)N(C)C)OCC. The number of hydrogen-bond donors (Lipinski definition) is 2.